The fourth-order valence-electron chi connectivity index (χ4n) is 2.49. The molecule has 1 heterocycles. The number of ether oxygens (including phenoxy) is 1. The van der Waals surface area contributed by atoms with Gasteiger partial charge in [0.15, 0.2) is 5.76 Å². The van der Waals surface area contributed by atoms with Gasteiger partial charge in [-0.05, 0) is 48.9 Å². The van der Waals surface area contributed by atoms with Crippen molar-refractivity contribution in [1.82, 2.24) is 0 Å². The molecule has 0 unspecified atom stereocenters. The number of carbonyl (C=O) groups excluding carboxylic acids is 2. The standard InChI is InChI=1S/C18H14FNO4/c1-2-24-14-9-7-13(8-10-14)20-17(22)15(16(21)18(20)23)11-3-5-12(19)6-4-11/h3-10,21H,2H2,1H3. The summed E-state index contributed by atoms with van der Waals surface area (Å²) in [5.41, 5.74) is 0.451. The highest BCUT2D eigenvalue weighted by molar-refractivity contribution is 6.44. The van der Waals surface area contributed by atoms with Gasteiger partial charge in [-0.3, -0.25) is 9.59 Å². The maximum absolute atomic E-state index is 13.0. The lowest BCUT2D eigenvalue weighted by Crippen LogP contribution is -2.31. The van der Waals surface area contributed by atoms with Crippen LogP contribution in [0.5, 0.6) is 5.75 Å². The lowest BCUT2D eigenvalue weighted by molar-refractivity contribution is -0.121. The van der Waals surface area contributed by atoms with Gasteiger partial charge in [0.1, 0.15) is 11.6 Å². The van der Waals surface area contributed by atoms with Gasteiger partial charge in [-0.15, -0.1) is 0 Å². The van der Waals surface area contributed by atoms with Gasteiger partial charge < -0.3 is 9.84 Å². The molecule has 6 heteroatoms. The first-order valence-corrected chi connectivity index (χ1v) is 7.33. The van der Waals surface area contributed by atoms with E-state index < -0.39 is 23.4 Å². The minimum absolute atomic E-state index is 0.145. The number of aliphatic hydroxyl groups is 1. The number of halogens is 1. The third kappa shape index (κ3) is 2.62. The van der Waals surface area contributed by atoms with E-state index in [-0.39, 0.29) is 11.1 Å². The normalized spacial score (nSPS) is 14.5. The Kier molecular flexibility index (Phi) is 4.04. The van der Waals surface area contributed by atoms with Gasteiger partial charge in [0.25, 0.3) is 5.91 Å². The topological polar surface area (TPSA) is 66.8 Å². The molecule has 3 rings (SSSR count). The molecule has 0 aliphatic carbocycles. The van der Waals surface area contributed by atoms with E-state index in [4.69, 9.17) is 4.74 Å². The summed E-state index contributed by atoms with van der Waals surface area (Å²) < 4.78 is 18.4. The number of benzene rings is 2. The molecule has 122 valence electrons. The highest BCUT2D eigenvalue weighted by Gasteiger charge is 2.40. The van der Waals surface area contributed by atoms with E-state index in [2.05, 4.69) is 0 Å². The molecule has 0 fully saturated rings. The quantitative estimate of drug-likeness (QED) is 0.877. The van der Waals surface area contributed by atoms with E-state index in [1.54, 1.807) is 24.3 Å². The molecule has 0 radical (unpaired) electrons. The summed E-state index contributed by atoms with van der Waals surface area (Å²) >= 11 is 0. The number of carbonyl (C=O) groups is 2. The summed E-state index contributed by atoms with van der Waals surface area (Å²) in [5, 5.41) is 10.1. The Morgan fingerprint density at radius 3 is 2.21 bits per heavy atom. The number of hydrogen-bond acceptors (Lipinski definition) is 4. The van der Waals surface area contributed by atoms with Crippen molar-refractivity contribution in [3.05, 3.63) is 65.7 Å². The largest absolute Gasteiger partial charge is 0.502 e. The van der Waals surface area contributed by atoms with Crippen molar-refractivity contribution >= 4 is 23.1 Å². The van der Waals surface area contributed by atoms with Crippen molar-refractivity contribution in [2.75, 3.05) is 11.5 Å². The van der Waals surface area contributed by atoms with Gasteiger partial charge in [-0.1, -0.05) is 12.1 Å². The van der Waals surface area contributed by atoms with Crippen LogP contribution in [-0.4, -0.2) is 23.5 Å². The number of aliphatic hydroxyl groups excluding tert-OH is 1. The predicted molar refractivity (Wildman–Crippen MR) is 86.1 cm³/mol. The summed E-state index contributed by atoms with van der Waals surface area (Å²) in [4.78, 5) is 25.7. The van der Waals surface area contributed by atoms with Crippen molar-refractivity contribution < 1.29 is 23.8 Å². The Balaban J connectivity index is 1.94. The van der Waals surface area contributed by atoms with Gasteiger partial charge >= 0.3 is 5.91 Å². The summed E-state index contributed by atoms with van der Waals surface area (Å²) in [7, 11) is 0. The Labute approximate surface area is 137 Å². The first-order chi connectivity index (χ1) is 11.5. The average Bonchev–Trinajstić information content (AvgIpc) is 2.80. The number of amides is 2. The maximum atomic E-state index is 13.0. The fourth-order valence-corrected chi connectivity index (χ4v) is 2.49. The summed E-state index contributed by atoms with van der Waals surface area (Å²) in [6.45, 7) is 2.34. The maximum Gasteiger partial charge on any atom is 0.301 e. The third-order valence-corrected chi connectivity index (χ3v) is 3.60. The predicted octanol–water partition coefficient (Wildman–Crippen LogP) is 3.07. The zero-order chi connectivity index (χ0) is 17.3. The first kappa shape index (κ1) is 15.7. The van der Waals surface area contributed by atoms with Crippen LogP contribution in [0.1, 0.15) is 12.5 Å². The number of anilines is 1. The highest BCUT2D eigenvalue weighted by atomic mass is 19.1. The summed E-state index contributed by atoms with van der Waals surface area (Å²) in [6.07, 6.45) is 0. The molecule has 2 aromatic carbocycles. The highest BCUT2D eigenvalue weighted by Crippen LogP contribution is 2.32. The van der Waals surface area contributed by atoms with Crippen molar-refractivity contribution in [1.29, 1.82) is 0 Å². The number of rotatable bonds is 4. The molecule has 5 nitrogen and oxygen atoms in total. The molecule has 0 saturated heterocycles. The van der Waals surface area contributed by atoms with E-state index in [0.29, 0.717) is 18.0 Å². The molecule has 0 atom stereocenters. The van der Waals surface area contributed by atoms with Crippen LogP contribution in [-0.2, 0) is 9.59 Å². The molecule has 0 spiro atoms. The Morgan fingerprint density at radius 1 is 1.00 bits per heavy atom. The molecule has 0 aromatic heterocycles. The van der Waals surface area contributed by atoms with Crippen molar-refractivity contribution in [3.8, 4) is 5.75 Å². The molecule has 0 saturated carbocycles. The molecular weight excluding hydrogens is 313 g/mol. The molecule has 2 amide bonds. The lowest BCUT2D eigenvalue weighted by atomic mass is 10.1. The molecule has 24 heavy (non-hydrogen) atoms. The minimum Gasteiger partial charge on any atom is -0.502 e. The van der Waals surface area contributed by atoms with Crippen LogP contribution < -0.4 is 9.64 Å². The van der Waals surface area contributed by atoms with Crippen LogP contribution in [0.2, 0.25) is 0 Å². The number of hydrogen-bond donors (Lipinski definition) is 1. The fraction of sp³-hybridized carbons (Fsp3) is 0.111. The zero-order valence-electron chi connectivity index (χ0n) is 12.8. The summed E-state index contributed by atoms with van der Waals surface area (Å²) in [5.74, 6) is -1.99. The second-order valence-electron chi connectivity index (χ2n) is 5.10. The van der Waals surface area contributed by atoms with Crippen LogP contribution >= 0.6 is 0 Å². The van der Waals surface area contributed by atoms with E-state index in [9.17, 15) is 19.1 Å². The van der Waals surface area contributed by atoms with Crippen molar-refractivity contribution in [2.45, 2.75) is 6.92 Å². The Morgan fingerprint density at radius 2 is 1.62 bits per heavy atom. The van der Waals surface area contributed by atoms with Crippen LogP contribution in [0.3, 0.4) is 0 Å². The molecule has 2 aromatic rings. The zero-order valence-corrected chi connectivity index (χ0v) is 12.8. The molecule has 1 N–H and O–H groups in total. The van der Waals surface area contributed by atoms with Crippen molar-refractivity contribution in [3.63, 3.8) is 0 Å². The minimum atomic E-state index is -0.816. The van der Waals surface area contributed by atoms with E-state index in [1.165, 1.54) is 12.1 Å². The second-order valence-corrected chi connectivity index (χ2v) is 5.10. The molecule has 1 aliphatic rings. The monoisotopic (exact) mass is 327 g/mol. The van der Waals surface area contributed by atoms with Gasteiger partial charge in [-0.25, -0.2) is 9.29 Å². The SMILES string of the molecule is CCOc1ccc(N2C(=O)C(O)=C(c3ccc(F)cc3)C2=O)cc1. The van der Waals surface area contributed by atoms with E-state index in [1.807, 2.05) is 6.92 Å². The lowest BCUT2D eigenvalue weighted by Gasteiger charge is -2.15. The van der Waals surface area contributed by atoms with Crippen LogP contribution in [0.15, 0.2) is 54.3 Å². The van der Waals surface area contributed by atoms with Crippen LogP contribution in [0.4, 0.5) is 10.1 Å². The van der Waals surface area contributed by atoms with Crippen LogP contribution in [0.25, 0.3) is 5.57 Å². The van der Waals surface area contributed by atoms with Gasteiger partial charge in [0.2, 0.25) is 0 Å². The van der Waals surface area contributed by atoms with E-state index >= 15 is 0 Å². The van der Waals surface area contributed by atoms with Crippen molar-refractivity contribution in [2.24, 2.45) is 0 Å². The van der Waals surface area contributed by atoms with Gasteiger partial charge in [-0.2, -0.15) is 0 Å². The molecule has 0 bridgehead atoms. The third-order valence-electron chi connectivity index (χ3n) is 3.60. The Hall–Kier alpha value is -3.15. The smallest absolute Gasteiger partial charge is 0.301 e. The molecular formula is C18H14FNO4. The number of imide groups is 1. The molecule has 1 aliphatic heterocycles. The first-order valence-electron chi connectivity index (χ1n) is 7.33. The average molecular weight is 327 g/mol. The second kappa shape index (κ2) is 6.16. The van der Waals surface area contributed by atoms with Gasteiger partial charge in [0.05, 0.1) is 17.9 Å². The van der Waals surface area contributed by atoms with E-state index in [0.717, 1.165) is 17.0 Å². The summed E-state index contributed by atoms with van der Waals surface area (Å²) in [6, 6.07) is 11.4. The van der Waals surface area contributed by atoms with Crippen LogP contribution in [0, 0.1) is 5.82 Å². The Bertz CT molecular complexity index is 825. The van der Waals surface area contributed by atoms with Gasteiger partial charge in [0, 0.05) is 0 Å². The number of nitrogens with zero attached hydrogens (tertiary/aromatic N) is 1.